The average Bonchev–Trinajstić information content (AvgIpc) is 3.18. The third-order valence-corrected chi connectivity index (χ3v) is 6.77. The number of amides is 2. The lowest BCUT2D eigenvalue weighted by atomic mass is 10.1. The lowest BCUT2D eigenvalue weighted by molar-refractivity contribution is -0.128. The maximum absolute atomic E-state index is 13.3. The average molecular weight is 508 g/mol. The topological polar surface area (TPSA) is 80.2 Å². The van der Waals surface area contributed by atoms with E-state index in [0.717, 1.165) is 11.3 Å². The van der Waals surface area contributed by atoms with Crippen LogP contribution in [0, 0.1) is 5.82 Å². The fourth-order valence-corrected chi connectivity index (χ4v) is 4.83. The molecule has 1 unspecified atom stereocenters. The molecule has 186 valence electrons. The maximum atomic E-state index is 13.3. The molecule has 3 aromatic rings. The molecule has 1 aliphatic rings. The van der Waals surface area contributed by atoms with E-state index in [1.807, 2.05) is 24.3 Å². The Bertz CT molecular complexity index is 1230. The Morgan fingerprint density at radius 1 is 0.972 bits per heavy atom. The van der Waals surface area contributed by atoms with Crippen LogP contribution in [0.2, 0.25) is 0 Å². The second kappa shape index (κ2) is 11.7. The zero-order valence-electron chi connectivity index (χ0n) is 19.9. The molecular weight excluding hydrogens is 481 g/mol. The Balaban J connectivity index is 1.48. The Kier molecular flexibility index (Phi) is 8.22. The van der Waals surface area contributed by atoms with Crippen LogP contribution >= 0.6 is 11.8 Å². The number of hydrogen-bond donors (Lipinski definition) is 1. The summed E-state index contributed by atoms with van der Waals surface area (Å²) in [7, 11) is 3.18. The molecule has 1 saturated heterocycles. The van der Waals surface area contributed by atoms with Gasteiger partial charge in [0.1, 0.15) is 22.6 Å². The number of nitrogens with one attached hydrogen (secondary N) is 1. The van der Waals surface area contributed by atoms with Gasteiger partial charge in [-0.1, -0.05) is 23.9 Å². The van der Waals surface area contributed by atoms with Gasteiger partial charge in [0.25, 0.3) is 0 Å². The van der Waals surface area contributed by atoms with E-state index in [-0.39, 0.29) is 24.1 Å². The van der Waals surface area contributed by atoms with Gasteiger partial charge in [-0.3, -0.25) is 14.5 Å². The first-order chi connectivity index (χ1) is 17.4. The molecule has 0 aromatic heterocycles. The minimum atomic E-state index is -0.613. The molecule has 1 N–H and O–H groups in total. The maximum Gasteiger partial charge on any atom is 0.242 e. The second-order valence-corrected chi connectivity index (χ2v) is 9.22. The number of nitrogens with zero attached hydrogens (tertiary/aromatic N) is 2. The highest BCUT2D eigenvalue weighted by Gasteiger charge is 2.39. The smallest absolute Gasteiger partial charge is 0.242 e. The van der Waals surface area contributed by atoms with Crippen LogP contribution < -0.4 is 14.8 Å². The van der Waals surface area contributed by atoms with Crippen molar-refractivity contribution in [3.05, 3.63) is 84.2 Å². The van der Waals surface area contributed by atoms with Crippen molar-refractivity contribution in [3.63, 3.8) is 0 Å². The molecule has 1 fully saturated rings. The summed E-state index contributed by atoms with van der Waals surface area (Å²) in [6.07, 6.45) is 0.598. The number of methoxy groups -OCH3 is 2. The van der Waals surface area contributed by atoms with Gasteiger partial charge in [-0.25, -0.2) is 9.38 Å². The summed E-state index contributed by atoms with van der Waals surface area (Å²) in [4.78, 5) is 32.2. The number of anilines is 1. The molecule has 9 heteroatoms. The Hall–Kier alpha value is -3.85. The highest BCUT2D eigenvalue weighted by molar-refractivity contribution is 8.15. The zero-order chi connectivity index (χ0) is 25.5. The number of carbonyl (C=O) groups excluding carboxylic acids is 2. The molecule has 0 radical (unpaired) electrons. The van der Waals surface area contributed by atoms with Crippen LogP contribution in [-0.4, -0.2) is 47.9 Å². The summed E-state index contributed by atoms with van der Waals surface area (Å²) in [6, 6.07) is 20.4. The molecule has 1 atom stereocenters. The molecule has 1 aliphatic heterocycles. The van der Waals surface area contributed by atoms with Gasteiger partial charge in [0.2, 0.25) is 11.8 Å². The summed E-state index contributed by atoms with van der Waals surface area (Å²) in [5, 5.41) is 2.70. The Labute approximate surface area is 213 Å². The summed E-state index contributed by atoms with van der Waals surface area (Å²) in [5.74, 6) is 0.624. The third kappa shape index (κ3) is 6.42. The van der Waals surface area contributed by atoms with Crippen molar-refractivity contribution in [2.24, 2.45) is 4.99 Å². The van der Waals surface area contributed by atoms with Gasteiger partial charge < -0.3 is 14.8 Å². The summed E-state index contributed by atoms with van der Waals surface area (Å²) in [5.41, 5.74) is 2.19. The highest BCUT2D eigenvalue weighted by atomic mass is 32.2. The summed E-state index contributed by atoms with van der Waals surface area (Å²) in [6.45, 7) is 0.398. The van der Waals surface area contributed by atoms with E-state index in [4.69, 9.17) is 9.47 Å². The quantitative estimate of drug-likeness (QED) is 0.439. The fourth-order valence-electron chi connectivity index (χ4n) is 3.64. The van der Waals surface area contributed by atoms with Crippen molar-refractivity contribution in [1.29, 1.82) is 0 Å². The first-order valence-corrected chi connectivity index (χ1v) is 12.2. The van der Waals surface area contributed by atoms with Crippen LogP contribution in [0.15, 0.2) is 77.8 Å². The van der Waals surface area contributed by atoms with Crippen molar-refractivity contribution >= 4 is 40.1 Å². The van der Waals surface area contributed by atoms with E-state index in [1.165, 1.54) is 23.9 Å². The van der Waals surface area contributed by atoms with Crippen LogP contribution in [0.3, 0.4) is 0 Å². The van der Waals surface area contributed by atoms with E-state index in [9.17, 15) is 14.0 Å². The Morgan fingerprint density at radius 2 is 1.58 bits per heavy atom. The minimum Gasteiger partial charge on any atom is -0.497 e. The molecule has 0 aliphatic carbocycles. The fraction of sp³-hybridized carbons (Fsp3) is 0.222. The predicted octanol–water partition coefficient (Wildman–Crippen LogP) is 5.05. The van der Waals surface area contributed by atoms with Gasteiger partial charge >= 0.3 is 0 Å². The van der Waals surface area contributed by atoms with Crippen molar-refractivity contribution in [2.45, 2.75) is 18.1 Å². The number of aliphatic imine (C=N–C) groups is 1. The van der Waals surface area contributed by atoms with Gasteiger partial charge in [0.05, 0.1) is 19.9 Å². The van der Waals surface area contributed by atoms with Crippen LogP contribution in [0.5, 0.6) is 11.5 Å². The number of carbonyl (C=O) groups is 2. The number of ether oxygens (including phenoxy) is 2. The first kappa shape index (κ1) is 25.2. The minimum absolute atomic E-state index is 0.00297. The molecule has 3 aromatic carbocycles. The van der Waals surface area contributed by atoms with Crippen LogP contribution in [0.25, 0.3) is 0 Å². The first-order valence-electron chi connectivity index (χ1n) is 11.3. The monoisotopic (exact) mass is 507 g/mol. The van der Waals surface area contributed by atoms with Gasteiger partial charge in [-0.2, -0.15) is 0 Å². The summed E-state index contributed by atoms with van der Waals surface area (Å²) < 4.78 is 23.7. The van der Waals surface area contributed by atoms with Gasteiger partial charge in [-0.15, -0.1) is 0 Å². The normalized spacial score (nSPS) is 16.3. The molecule has 4 rings (SSSR count). The molecule has 1 heterocycles. The highest BCUT2D eigenvalue weighted by Crippen LogP contribution is 2.32. The van der Waals surface area contributed by atoms with Crippen molar-refractivity contribution in [3.8, 4) is 11.5 Å². The predicted molar refractivity (Wildman–Crippen MR) is 140 cm³/mol. The number of halogens is 1. The van der Waals surface area contributed by atoms with Gasteiger partial charge in [-0.05, 0) is 72.6 Å². The number of hydrogen-bond acceptors (Lipinski definition) is 6. The van der Waals surface area contributed by atoms with E-state index in [1.54, 1.807) is 55.5 Å². The molecule has 36 heavy (non-hydrogen) atoms. The van der Waals surface area contributed by atoms with E-state index in [0.29, 0.717) is 35.3 Å². The summed E-state index contributed by atoms with van der Waals surface area (Å²) >= 11 is 1.24. The molecule has 7 nitrogen and oxygen atoms in total. The Morgan fingerprint density at radius 3 is 2.19 bits per heavy atom. The largest absolute Gasteiger partial charge is 0.497 e. The standard InChI is InChI=1S/C27H26FN3O4S/c1-34-22-11-3-18(4-12-22)15-16-31-26(33)24(36-27(31)30-21-7-5-19(28)6-8-21)17-25(32)29-20-9-13-23(35-2)14-10-20/h3-14,24H,15-17H2,1-2H3,(H,29,32). The number of amidine groups is 1. The molecule has 0 saturated carbocycles. The third-order valence-electron chi connectivity index (χ3n) is 5.60. The zero-order valence-corrected chi connectivity index (χ0v) is 20.8. The van der Waals surface area contributed by atoms with Crippen LogP contribution in [0.4, 0.5) is 15.8 Å². The number of rotatable bonds is 9. The van der Waals surface area contributed by atoms with E-state index in [2.05, 4.69) is 10.3 Å². The number of thioether (sulfide) groups is 1. The molecule has 2 amide bonds. The molecular formula is C27H26FN3O4S. The molecule has 0 bridgehead atoms. The van der Waals surface area contributed by atoms with Gasteiger partial charge in [0.15, 0.2) is 5.17 Å². The lowest BCUT2D eigenvalue weighted by Gasteiger charge is -2.16. The number of benzene rings is 3. The second-order valence-electron chi connectivity index (χ2n) is 8.05. The molecule has 0 spiro atoms. The van der Waals surface area contributed by atoms with Crippen LogP contribution in [0.1, 0.15) is 12.0 Å². The van der Waals surface area contributed by atoms with Crippen molar-refractivity contribution in [1.82, 2.24) is 4.90 Å². The lowest BCUT2D eigenvalue weighted by Crippen LogP contribution is -2.35. The van der Waals surface area contributed by atoms with E-state index >= 15 is 0 Å². The van der Waals surface area contributed by atoms with Crippen molar-refractivity contribution in [2.75, 3.05) is 26.1 Å². The van der Waals surface area contributed by atoms with E-state index < -0.39 is 5.25 Å². The SMILES string of the molecule is COc1ccc(CCN2C(=O)C(CC(=O)Nc3ccc(OC)cc3)SC2=Nc2ccc(F)cc2)cc1. The van der Waals surface area contributed by atoms with Crippen molar-refractivity contribution < 1.29 is 23.5 Å². The van der Waals surface area contributed by atoms with Crippen LogP contribution in [-0.2, 0) is 16.0 Å². The van der Waals surface area contributed by atoms with Gasteiger partial charge in [0, 0.05) is 18.7 Å².